The Balaban J connectivity index is 2.47. The molecule has 0 radical (unpaired) electrons. The van der Waals surface area contributed by atoms with E-state index in [0.29, 0.717) is 10.2 Å². The zero-order chi connectivity index (χ0) is 13.3. The van der Waals surface area contributed by atoms with E-state index in [1.165, 1.54) is 18.4 Å². The lowest BCUT2D eigenvalue weighted by Gasteiger charge is -2.07. The largest absolute Gasteiger partial charge is 0.503 e. The van der Waals surface area contributed by atoms with Gasteiger partial charge in [0.2, 0.25) is 0 Å². The number of hydrogen-bond acceptors (Lipinski definition) is 5. The predicted octanol–water partition coefficient (Wildman–Crippen LogP) is 3.31. The van der Waals surface area contributed by atoms with Gasteiger partial charge in [-0.2, -0.15) is 0 Å². The molecule has 18 heavy (non-hydrogen) atoms. The van der Waals surface area contributed by atoms with Crippen LogP contribution in [0.5, 0.6) is 11.5 Å². The van der Waals surface area contributed by atoms with Crippen molar-refractivity contribution in [3.05, 3.63) is 27.7 Å². The van der Waals surface area contributed by atoms with E-state index in [0.717, 1.165) is 15.4 Å². The summed E-state index contributed by atoms with van der Waals surface area (Å²) >= 11 is 4.83. The number of aromatic hydroxyl groups is 1. The van der Waals surface area contributed by atoms with Crippen molar-refractivity contribution in [3.63, 3.8) is 0 Å². The monoisotopic (exact) mass is 328 g/mol. The van der Waals surface area contributed by atoms with Crippen LogP contribution in [0.2, 0.25) is 0 Å². The quantitative estimate of drug-likeness (QED) is 0.906. The summed E-state index contributed by atoms with van der Waals surface area (Å²) in [7, 11) is 1.51. The zero-order valence-corrected chi connectivity index (χ0v) is 12.4. The lowest BCUT2D eigenvalue weighted by Crippen LogP contribution is -2.01. The molecule has 1 heterocycles. The number of phenols is 1. The van der Waals surface area contributed by atoms with Crippen LogP contribution >= 0.6 is 27.3 Å². The van der Waals surface area contributed by atoms with E-state index < -0.39 is 0 Å². The lowest BCUT2D eigenvalue weighted by atomic mass is 10.2. The van der Waals surface area contributed by atoms with Crippen LogP contribution in [0.15, 0.2) is 22.8 Å². The molecule has 0 saturated heterocycles. The number of rotatable bonds is 3. The Morgan fingerprint density at radius 1 is 1.50 bits per heavy atom. The lowest BCUT2D eigenvalue weighted by molar-refractivity contribution is 0.372. The van der Waals surface area contributed by atoms with Crippen LogP contribution in [0, 0.1) is 0 Å². The Kier molecular flexibility index (Phi) is 3.89. The summed E-state index contributed by atoms with van der Waals surface area (Å²) in [6.07, 6.45) is 1.78. The number of phenolic OH excluding ortho intramolecular Hbond substituents is 1. The molecule has 0 aliphatic carbocycles. The van der Waals surface area contributed by atoms with Crippen molar-refractivity contribution in [2.24, 2.45) is 5.73 Å². The maximum Gasteiger partial charge on any atom is 0.172 e. The number of benzene rings is 1. The molecular formula is C12H13BrN2O2S. The van der Waals surface area contributed by atoms with Gasteiger partial charge in [-0.1, -0.05) is 0 Å². The number of thiazole rings is 1. The second-order valence-corrected chi connectivity index (χ2v) is 5.78. The number of ether oxygens (including phenoxy) is 1. The van der Waals surface area contributed by atoms with Crippen LogP contribution in [-0.2, 0) is 0 Å². The van der Waals surface area contributed by atoms with Gasteiger partial charge < -0.3 is 15.6 Å². The first-order valence-corrected chi connectivity index (χ1v) is 6.92. The third kappa shape index (κ3) is 2.50. The minimum absolute atomic E-state index is 0.0290. The van der Waals surface area contributed by atoms with Gasteiger partial charge in [-0.3, -0.25) is 0 Å². The van der Waals surface area contributed by atoms with Crippen molar-refractivity contribution in [1.82, 2.24) is 4.98 Å². The Hall–Kier alpha value is -1.11. The molecule has 4 nitrogen and oxygen atoms in total. The number of nitrogens with zero attached hydrogens (tertiary/aromatic N) is 1. The van der Waals surface area contributed by atoms with Gasteiger partial charge in [-0.05, 0) is 35.0 Å². The third-order valence-corrected chi connectivity index (χ3v) is 4.32. The molecule has 0 aliphatic rings. The summed E-state index contributed by atoms with van der Waals surface area (Å²) in [5.41, 5.74) is 6.69. The maximum absolute atomic E-state index is 9.75. The van der Waals surface area contributed by atoms with Crippen molar-refractivity contribution >= 4 is 27.3 Å². The summed E-state index contributed by atoms with van der Waals surface area (Å²) < 4.78 is 5.69. The summed E-state index contributed by atoms with van der Waals surface area (Å²) in [5, 5.41) is 10.6. The molecule has 0 fully saturated rings. The molecule has 1 aromatic carbocycles. The van der Waals surface area contributed by atoms with E-state index in [1.807, 2.05) is 13.0 Å². The molecule has 0 saturated carbocycles. The van der Waals surface area contributed by atoms with Gasteiger partial charge in [0.1, 0.15) is 5.01 Å². The van der Waals surface area contributed by atoms with Crippen molar-refractivity contribution in [2.75, 3.05) is 7.11 Å². The molecule has 0 bridgehead atoms. The molecule has 1 aromatic heterocycles. The van der Waals surface area contributed by atoms with Gasteiger partial charge in [0, 0.05) is 22.7 Å². The topological polar surface area (TPSA) is 68.4 Å². The van der Waals surface area contributed by atoms with E-state index in [1.54, 1.807) is 12.3 Å². The molecule has 0 amide bonds. The van der Waals surface area contributed by atoms with Gasteiger partial charge in [0.25, 0.3) is 0 Å². The predicted molar refractivity (Wildman–Crippen MR) is 76.1 cm³/mol. The number of aromatic nitrogens is 1. The van der Waals surface area contributed by atoms with E-state index in [9.17, 15) is 5.11 Å². The fourth-order valence-corrected chi connectivity index (χ4v) is 2.78. The van der Waals surface area contributed by atoms with Gasteiger partial charge in [0.15, 0.2) is 11.5 Å². The molecule has 96 valence electrons. The van der Waals surface area contributed by atoms with E-state index >= 15 is 0 Å². The minimum atomic E-state index is -0.0290. The molecule has 6 heteroatoms. The van der Waals surface area contributed by atoms with E-state index in [2.05, 4.69) is 20.9 Å². The molecule has 2 aromatic rings. The third-order valence-electron chi connectivity index (χ3n) is 2.47. The number of hydrogen-bond donors (Lipinski definition) is 2. The van der Waals surface area contributed by atoms with Gasteiger partial charge in [0.05, 0.1) is 11.6 Å². The molecule has 1 unspecified atom stereocenters. The van der Waals surface area contributed by atoms with Crippen molar-refractivity contribution in [2.45, 2.75) is 13.0 Å². The van der Waals surface area contributed by atoms with Crippen LogP contribution in [-0.4, -0.2) is 17.2 Å². The SMILES string of the molecule is COc1cc(-c2ncc(C(C)N)s2)cc(Br)c1O. The normalized spacial score (nSPS) is 12.4. The van der Waals surface area contributed by atoms with Crippen LogP contribution in [0.3, 0.4) is 0 Å². The van der Waals surface area contributed by atoms with E-state index in [4.69, 9.17) is 10.5 Å². The van der Waals surface area contributed by atoms with Crippen molar-refractivity contribution in [3.8, 4) is 22.1 Å². The fourth-order valence-electron chi connectivity index (χ4n) is 1.48. The van der Waals surface area contributed by atoms with Crippen LogP contribution < -0.4 is 10.5 Å². The molecule has 2 rings (SSSR count). The highest BCUT2D eigenvalue weighted by Crippen LogP contribution is 2.39. The Labute approximate surface area is 118 Å². The summed E-state index contributed by atoms with van der Waals surface area (Å²) in [6, 6.07) is 3.53. The number of nitrogens with two attached hydrogens (primary N) is 1. The summed E-state index contributed by atoms with van der Waals surface area (Å²) in [5.74, 6) is 0.502. The molecule has 3 N–H and O–H groups in total. The minimum Gasteiger partial charge on any atom is -0.503 e. The average Bonchev–Trinajstić information content (AvgIpc) is 2.82. The molecule has 0 aliphatic heterocycles. The highest BCUT2D eigenvalue weighted by atomic mass is 79.9. The second-order valence-electron chi connectivity index (χ2n) is 3.87. The Morgan fingerprint density at radius 3 is 2.78 bits per heavy atom. The summed E-state index contributed by atoms with van der Waals surface area (Å²) in [6.45, 7) is 1.92. The summed E-state index contributed by atoms with van der Waals surface area (Å²) in [4.78, 5) is 5.36. The Morgan fingerprint density at radius 2 is 2.22 bits per heavy atom. The smallest absolute Gasteiger partial charge is 0.172 e. The average molecular weight is 329 g/mol. The fraction of sp³-hybridized carbons (Fsp3) is 0.250. The Bertz CT molecular complexity index is 569. The van der Waals surface area contributed by atoms with Crippen LogP contribution in [0.1, 0.15) is 17.8 Å². The second kappa shape index (κ2) is 5.26. The molecular weight excluding hydrogens is 316 g/mol. The maximum atomic E-state index is 9.75. The first kappa shape index (κ1) is 13.3. The van der Waals surface area contributed by atoms with Gasteiger partial charge in [-0.15, -0.1) is 11.3 Å². The van der Waals surface area contributed by atoms with E-state index in [-0.39, 0.29) is 11.8 Å². The first-order valence-electron chi connectivity index (χ1n) is 5.31. The number of halogens is 1. The highest BCUT2D eigenvalue weighted by Gasteiger charge is 2.13. The zero-order valence-electron chi connectivity index (χ0n) is 9.98. The van der Waals surface area contributed by atoms with Crippen LogP contribution in [0.4, 0.5) is 0 Å². The van der Waals surface area contributed by atoms with Gasteiger partial charge >= 0.3 is 0 Å². The van der Waals surface area contributed by atoms with Crippen molar-refractivity contribution in [1.29, 1.82) is 0 Å². The molecule has 1 atom stereocenters. The molecule has 0 spiro atoms. The van der Waals surface area contributed by atoms with Crippen molar-refractivity contribution < 1.29 is 9.84 Å². The number of methoxy groups -OCH3 is 1. The highest BCUT2D eigenvalue weighted by molar-refractivity contribution is 9.10. The first-order chi connectivity index (χ1) is 8.52. The van der Waals surface area contributed by atoms with Gasteiger partial charge in [-0.25, -0.2) is 4.98 Å². The van der Waals surface area contributed by atoms with Crippen LogP contribution in [0.25, 0.3) is 10.6 Å². The standard InChI is InChI=1S/C12H13BrN2O2S/c1-6(14)10-5-15-12(18-10)7-3-8(13)11(16)9(4-7)17-2/h3-6,16H,14H2,1-2H3.